The predicted molar refractivity (Wildman–Crippen MR) is 70.6 cm³/mol. The van der Waals surface area contributed by atoms with Crippen LogP contribution in [0.15, 0.2) is 0 Å². The van der Waals surface area contributed by atoms with Crippen LogP contribution in [0.25, 0.3) is 0 Å². The van der Waals surface area contributed by atoms with Crippen LogP contribution in [0.3, 0.4) is 0 Å². The quantitative estimate of drug-likeness (QED) is 0.786. The van der Waals surface area contributed by atoms with Crippen LogP contribution in [0.5, 0.6) is 0 Å². The lowest BCUT2D eigenvalue weighted by atomic mass is 9.95. The summed E-state index contributed by atoms with van der Waals surface area (Å²) >= 11 is 0. The van der Waals surface area contributed by atoms with E-state index < -0.39 is 12.0 Å². The Morgan fingerprint density at radius 3 is 2.85 bits per heavy atom. The van der Waals surface area contributed by atoms with Gasteiger partial charge in [-0.25, -0.2) is 4.79 Å². The summed E-state index contributed by atoms with van der Waals surface area (Å²) in [6.07, 6.45) is 1.69. The molecule has 114 valence electrons. The van der Waals surface area contributed by atoms with Crippen LogP contribution in [0.4, 0.5) is 4.79 Å². The molecule has 0 radical (unpaired) electrons. The molecule has 2 rings (SSSR count). The van der Waals surface area contributed by atoms with Crippen molar-refractivity contribution in [3.05, 3.63) is 0 Å². The van der Waals surface area contributed by atoms with E-state index >= 15 is 0 Å². The Morgan fingerprint density at radius 1 is 1.40 bits per heavy atom. The molecule has 20 heavy (non-hydrogen) atoms. The highest BCUT2D eigenvalue weighted by atomic mass is 16.5. The minimum absolute atomic E-state index is 0.0966. The number of carbonyl (C=O) groups is 2. The Kier molecular flexibility index (Phi) is 4.82. The zero-order valence-electron chi connectivity index (χ0n) is 11.8. The van der Waals surface area contributed by atoms with Gasteiger partial charge < -0.3 is 24.8 Å². The van der Waals surface area contributed by atoms with Gasteiger partial charge in [0.15, 0.2) is 0 Å². The summed E-state index contributed by atoms with van der Waals surface area (Å²) in [5, 5.41) is 11.9. The molecule has 0 bridgehead atoms. The van der Waals surface area contributed by atoms with E-state index in [9.17, 15) is 9.59 Å². The van der Waals surface area contributed by atoms with Gasteiger partial charge in [0.25, 0.3) is 0 Å². The highest BCUT2D eigenvalue weighted by Gasteiger charge is 2.34. The second-order valence-corrected chi connectivity index (χ2v) is 5.67. The van der Waals surface area contributed by atoms with Crippen LogP contribution in [0.2, 0.25) is 0 Å². The lowest BCUT2D eigenvalue weighted by Gasteiger charge is -2.40. The molecule has 7 heteroatoms. The lowest BCUT2D eigenvalue weighted by Crippen LogP contribution is -2.60. The third-order valence-corrected chi connectivity index (χ3v) is 3.75. The Labute approximate surface area is 118 Å². The van der Waals surface area contributed by atoms with Gasteiger partial charge in [0.1, 0.15) is 0 Å². The van der Waals surface area contributed by atoms with Crippen molar-refractivity contribution in [2.45, 2.75) is 37.8 Å². The zero-order valence-corrected chi connectivity index (χ0v) is 11.8. The van der Waals surface area contributed by atoms with Crippen LogP contribution >= 0.6 is 0 Å². The van der Waals surface area contributed by atoms with Crippen LogP contribution in [0, 0.1) is 0 Å². The van der Waals surface area contributed by atoms with Crippen LogP contribution < -0.4 is 5.32 Å². The van der Waals surface area contributed by atoms with Gasteiger partial charge in [-0.05, 0) is 19.8 Å². The number of carboxylic acid groups (broad SMARTS) is 1. The molecule has 2 fully saturated rings. The van der Waals surface area contributed by atoms with E-state index in [0.29, 0.717) is 19.8 Å². The average molecular weight is 286 g/mol. The van der Waals surface area contributed by atoms with E-state index in [1.54, 1.807) is 4.90 Å². The minimum atomic E-state index is -0.925. The first-order valence-corrected chi connectivity index (χ1v) is 6.96. The maximum Gasteiger partial charge on any atom is 0.318 e. The minimum Gasteiger partial charge on any atom is -0.481 e. The van der Waals surface area contributed by atoms with Crippen molar-refractivity contribution in [2.24, 2.45) is 0 Å². The number of hydrogen-bond acceptors (Lipinski definition) is 4. The van der Waals surface area contributed by atoms with Crippen molar-refractivity contribution in [2.75, 3.05) is 33.0 Å². The lowest BCUT2D eigenvalue weighted by molar-refractivity contribution is -0.139. The molecule has 0 saturated carbocycles. The molecule has 2 heterocycles. The number of carboxylic acids is 1. The zero-order chi connectivity index (χ0) is 14.6. The van der Waals surface area contributed by atoms with Crippen LogP contribution in [-0.4, -0.2) is 66.6 Å². The topological polar surface area (TPSA) is 88.1 Å². The molecule has 2 saturated heterocycles. The molecule has 2 amide bonds. The smallest absolute Gasteiger partial charge is 0.318 e. The van der Waals surface area contributed by atoms with Gasteiger partial charge >= 0.3 is 12.0 Å². The largest absolute Gasteiger partial charge is 0.481 e. The number of rotatable bonds is 3. The number of nitrogens with one attached hydrogen (secondary N) is 1. The normalized spacial score (nSPS) is 30.9. The number of amides is 2. The summed E-state index contributed by atoms with van der Waals surface area (Å²) in [4.78, 5) is 24.8. The van der Waals surface area contributed by atoms with Crippen molar-refractivity contribution >= 4 is 12.0 Å². The molecular formula is C13H22N2O5. The predicted octanol–water partition coefficient (Wildman–Crippen LogP) is 0.441. The molecule has 2 atom stereocenters. The van der Waals surface area contributed by atoms with Crippen molar-refractivity contribution in [3.8, 4) is 0 Å². The van der Waals surface area contributed by atoms with Gasteiger partial charge in [-0.2, -0.15) is 0 Å². The summed E-state index contributed by atoms with van der Waals surface area (Å²) in [6.45, 7) is 4.30. The molecule has 0 aliphatic carbocycles. The first kappa shape index (κ1) is 15.1. The number of ether oxygens (including phenoxy) is 2. The Bertz CT molecular complexity index is 368. The highest BCUT2D eigenvalue weighted by Crippen LogP contribution is 2.20. The monoisotopic (exact) mass is 286 g/mol. The summed E-state index contributed by atoms with van der Waals surface area (Å²) in [5.74, 6) is -0.925. The molecule has 2 N–H and O–H groups in total. The van der Waals surface area contributed by atoms with Crippen molar-refractivity contribution in [3.63, 3.8) is 0 Å². The molecule has 0 aromatic heterocycles. The van der Waals surface area contributed by atoms with Crippen LogP contribution in [-0.2, 0) is 14.3 Å². The van der Waals surface area contributed by atoms with E-state index in [-0.39, 0.29) is 24.6 Å². The van der Waals surface area contributed by atoms with Gasteiger partial charge in [-0.1, -0.05) is 0 Å². The number of carbonyl (C=O) groups excluding carboxylic acids is 1. The van der Waals surface area contributed by atoms with E-state index in [1.807, 2.05) is 6.92 Å². The molecular weight excluding hydrogens is 264 g/mol. The standard InChI is InChI=1S/C13H22N2O5/c1-13(3-2-5-20-9-13)14-12(18)15-4-6-19-8-10(15)7-11(16)17/h10H,2-9H2,1H3,(H,14,18)(H,16,17). The molecule has 2 unspecified atom stereocenters. The number of nitrogens with zero attached hydrogens (tertiary/aromatic N) is 1. The van der Waals surface area contributed by atoms with Gasteiger partial charge in [-0.15, -0.1) is 0 Å². The Hall–Kier alpha value is -1.34. The Morgan fingerprint density at radius 2 is 2.20 bits per heavy atom. The van der Waals surface area contributed by atoms with Crippen molar-refractivity contribution in [1.29, 1.82) is 0 Å². The van der Waals surface area contributed by atoms with Gasteiger partial charge in [-0.3, -0.25) is 4.79 Å². The molecule has 2 aliphatic rings. The Balaban J connectivity index is 1.96. The summed E-state index contributed by atoms with van der Waals surface area (Å²) in [7, 11) is 0. The SMILES string of the molecule is CC1(NC(=O)N2CCOCC2CC(=O)O)CCCOC1. The van der Waals surface area contributed by atoms with E-state index in [4.69, 9.17) is 14.6 Å². The molecule has 0 aromatic carbocycles. The second kappa shape index (κ2) is 6.41. The van der Waals surface area contributed by atoms with E-state index in [2.05, 4.69) is 5.32 Å². The molecule has 0 spiro atoms. The fourth-order valence-corrected chi connectivity index (χ4v) is 2.66. The van der Waals surface area contributed by atoms with Crippen molar-refractivity contribution < 1.29 is 24.2 Å². The van der Waals surface area contributed by atoms with Gasteiger partial charge in [0, 0.05) is 13.2 Å². The third-order valence-electron chi connectivity index (χ3n) is 3.75. The number of aliphatic carboxylic acids is 1. The van der Waals surface area contributed by atoms with Crippen LogP contribution in [0.1, 0.15) is 26.2 Å². The molecule has 2 aliphatic heterocycles. The highest BCUT2D eigenvalue weighted by molar-refractivity contribution is 5.77. The number of hydrogen-bond donors (Lipinski definition) is 2. The summed E-state index contributed by atoms with van der Waals surface area (Å²) in [5.41, 5.74) is -0.374. The fourth-order valence-electron chi connectivity index (χ4n) is 2.66. The second-order valence-electron chi connectivity index (χ2n) is 5.67. The fraction of sp³-hybridized carbons (Fsp3) is 0.846. The average Bonchev–Trinajstić information content (AvgIpc) is 2.38. The van der Waals surface area contributed by atoms with E-state index in [1.165, 1.54) is 0 Å². The summed E-state index contributed by atoms with van der Waals surface area (Å²) < 4.78 is 10.7. The van der Waals surface area contributed by atoms with E-state index in [0.717, 1.165) is 19.4 Å². The first-order chi connectivity index (χ1) is 9.50. The van der Waals surface area contributed by atoms with Gasteiger partial charge in [0.05, 0.1) is 37.8 Å². The summed E-state index contributed by atoms with van der Waals surface area (Å²) in [6, 6.07) is -0.637. The number of urea groups is 1. The molecule has 7 nitrogen and oxygen atoms in total. The maximum absolute atomic E-state index is 12.4. The number of morpholine rings is 1. The maximum atomic E-state index is 12.4. The molecule has 0 aromatic rings. The first-order valence-electron chi connectivity index (χ1n) is 6.96. The third kappa shape index (κ3) is 3.83. The van der Waals surface area contributed by atoms with Crippen molar-refractivity contribution in [1.82, 2.24) is 10.2 Å². The van der Waals surface area contributed by atoms with Gasteiger partial charge in [0.2, 0.25) is 0 Å².